The van der Waals surface area contributed by atoms with Crippen LogP contribution in [0.15, 0.2) is 35.1 Å². The van der Waals surface area contributed by atoms with Gasteiger partial charge in [0.15, 0.2) is 0 Å². The van der Waals surface area contributed by atoms with Crippen molar-refractivity contribution in [3.05, 3.63) is 40.7 Å². The molecule has 2 rings (SSSR count). The third kappa shape index (κ3) is 2.38. The molecule has 0 radical (unpaired) electrons. The van der Waals surface area contributed by atoms with E-state index >= 15 is 0 Å². The fraction of sp³-hybridized carbons (Fsp3) is 0.357. The average Bonchev–Trinajstić information content (AvgIpc) is 2.41. The molecule has 1 aromatic carbocycles. The lowest BCUT2D eigenvalue weighted by molar-refractivity contribution is 0.183. The number of benzene rings is 1. The molecule has 1 atom stereocenters. The first-order valence-corrected chi connectivity index (χ1v) is 6.14. The molecule has 0 aliphatic rings. The zero-order valence-electron chi connectivity index (χ0n) is 10.7. The summed E-state index contributed by atoms with van der Waals surface area (Å²) in [5, 5.41) is 13.7. The van der Waals surface area contributed by atoms with Gasteiger partial charge in [-0.05, 0) is 12.5 Å². The predicted octanol–water partition coefficient (Wildman–Crippen LogP) is 1.72. The molecule has 4 nitrogen and oxygen atoms in total. The Morgan fingerprint density at radius 2 is 2.11 bits per heavy atom. The van der Waals surface area contributed by atoms with Crippen molar-refractivity contribution in [2.45, 2.75) is 19.4 Å². The minimum atomic E-state index is -0.396. The van der Waals surface area contributed by atoms with Gasteiger partial charge in [-0.25, -0.2) is 0 Å². The molecule has 0 aliphatic carbocycles. The van der Waals surface area contributed by atoms with E-state index in [0.29, 0.717) is 13.0 Å². The molecular weight excluding hydrogens is 228 g/mol. The molecule has 1 aromatic heterocycles. The third-order valence-electron chi connectivity index (χ3n) is 3.15. The Labute approximate surface area is 106 Å². The van der Waals surface area contributed by atoms with E-state index in [-0.39, 0.29) is 5.56 Å². The highest BCUT2D eigenvalue weighted by Gasteiger charge is 2.07. The van der Waals surface area contributed by atoms with Crippen LogP contribution in [0.25, 0.3) is 10.9 Å². The van der Waals surface area contributed by atoms with Gasteiger partial charge in [-0.2, -0.15) is 0 Å². The van der Waals surface area contributed by atoms with Gasteiger partial charge in [0.2, 0.25) is 0 Å². The van der Waals surface area contributed by atoms with Crippen LogP contribution in [0, 0.1) is 0 Å². The van der Waals surface area contributed by atoms with Crippen LogP contribution in [0.4, 0.5) is 5.69 Å². The van der Waals surface area contributed by atoms with E-state index in [2.05, 4.69) is 5.32 Å². The summed E-state index contributed by atoms with van der Waals surface area (Å²) in [6.07, 6.45) is 0.295. The number of para-hydroxylation sites is 1. The van der Waals surface area contributed by atoms with Gasteiger partial charge in [-0.3, -0.25) is 4.79 Å². The first-order valence-electron chi connectivity index (χ1n) is 6.14. The molecule has 0 saturated carbocycles. The van der Waals surface area contributed by atoms with Gasteiger partial charge in [-0.15, -0.1) is 0 Å². The fourth-order valence-corrected chi connectivity index (χ4v) is 1.93. The van der Waals surface area contributed by atoms with Gasteiger partial charge in [0.1, 0.15) is 0 Å². The summed E-state index contributed by atoms with van der Waals surface area (Å²) < 4.78 is 1.62. The molecule has 0 aliphatic heterocycles. The lowest BCUT2D eigenvalue weighted by atomic mass is 10.1. The van der Waals surface area contributed by atoms with E-state index < -0.39 is 6.10 Å². The maximum Gasteiger partial charge on any atom is 0.252 e. The number of aromatic nitrogens is 1. The lowest BCUT2D eigenvalue weighted by Gasteiger charge is -2.14. The summed E-state index contributed by atoms with van der Waals surface area (Å²) >= 11 is 0. The number of aliphatic hydroxyl groups excluding tert-OH is 1. The zero-order valence-corrected chi connectivity index (χ0v) is 10.7. The molecule has 18 heavy (non-hydrogen) atoms. The second kappa shape index (κ2) is 5.23. The van der Waals surface area contributed by atoms with Crippen LogP contribution in [-0.4, -0.2) is 22.3 Å². The van der Waals surface area contributed by atoms with Crippen molar-refractivity contribution >= 4 is 16.6 Å². The molecule has 0 saturated heterocycles. The minimum absolute atomic E-state index is 0.0535. The molecule has 96 valence electrons. The molecule has 1 unspecified atom stereocenters. The van der Waals surface area contributed by atoms with E-state index in [1.807, 2.05) is 31.2 Å². The first-order chi connectivity index (χ1) is 8.63. The highest BCUT2D eigenvalue weighted by molar-refractivity contribution is 5.91. The predicted molar refractivity (Wildman–Crippen MR) is 74.0 cm³/mol. The Morgan fingerprint density at radius 3 is 2.83 bits per heavy atom. The number of fused-ring (bicyclic) bond motifs is 1. The fourth-order valence-electron chi connectivity index (χ4n) is 1.93. The summed E-state index contributed by atoms with van der Waals surface area (Å²) in [5.74, 6) is 0. The number of nitrogens with zero attached hydrogens (tertiary/aromatic N) is 1. The second-order valence-corrected chi connectivity index (χ2v) is 4.42. The first kappa shape index (κ1) is 12.6. The van der Waals surface area contributed by atoms with Crippen molar-refractivity contribution < 1.29 is 5.11 Å². The number of aryl methyl sites for hydroxylation is 1. The van der Waals surface area contributed by atoms with Gasteiger partial charge in [0.25, 0.3) is 5.56 Å². The van der Waals surface area contributed by atoms with Crippen molar-refractivity contribution in [1.82, 2.24) is 4.57 Å². The zero-order chi connectivity index (χ0) is 13.1. The smallest absolute Gasteiger partial charge is 0.252 e. The van der Waals surface area contributed by atoms with Crippen LogP contribution in [0.5, 0.6) is 0 Å². The van der Waals surface area contributed by atoms with Gasteiger partial charge in [0, 0.05) is 30.7 Å². The lowest BCUT2D eigenvalue weighted by Crippen LogP contribution is -2.21. The van der Waals surface area contributed by atoms with Crippen LogP contribution < -0.4 is 10.9 Å². The summed E-state index contributed by atoms with van der Waals surface area (Å²) in [7, 11) is 1.76. The van der Waals surface area contributed by atoms with Crippen LogP contribution in [-0.2, 0) is 7.05 Å². The van der Waals surface area contributed by atoms with Crippen LogP contribution >= 0.6 is 0 Å². The summed E-state index contributed by atoms with van der Waals surface area (Å²) in [4.78, 5) is 11.8. The maximum atomic E-state index is 11.8. The molecule has 2 N–H and O–H groups in total. The number of hydrogen-bond donors (Lipinski definition) is 2. The van der Waals surface area contributed by atoms with E-state index in [4.69, 9.17) is 0 Å². The van der Waals surface area contributed by atoms with Gasteiger partial charge in [0.05, 0.1) is 11.6 Å². The monoisotopic (exact) mass is 246 g/mol. The number of pyridine rings is 1. The molecule has 0 bridgehead atoms. The quantitative estimate of drug-likeness (QED) is 0.863. The highest BCUT2D eigenvalue weighted by Crippen LogP contribution is 2.20. The number of rotatable bonds is 4. The molecular formula is C14H18N2O2. The number of aliphatic hydroxyl groups is 1. The number of nitrogens with one attached hydrogen (secondary N) is 1. The third-order valence-corrected chi connectivity index (χ3v) is 3.15. The standard InChI is InChI=1S/C14H18N2O2/c1-3-10(17)9-15-12-8-14(18)16(2)13-7-5-4-6-11(12)13/h4-8,10,15,17H,3,9H2,1-2H3. The topological polar surface area (TPSA) is 54.3 Å². The van der Waals surface area contributed by atoms with Gasteiger partial charge >= 0.3 is 0 Å². The number of anilines is 1. The van der Waals surface area contributed by atoms with Crippen LogP contribution in [0.1, 0.15) is 13.3 Å². The van der Waals surface area contributed by atoms with Crippen LogP contribution in [0.3, 0.4) is 0 Å². The van der Waals surface area contributed by atoms with Crippen molar-refractivity contribution in [1.29, 1.82) is 0 Å². The maximum absolute atomic E-state index is 11.8. The normalized spacial score (nSPS) is 12.6. The average molecular weight is 246 g/mol. The van der Waals surface area contributed by atoms with E-state index in [1.54, 1.807) is 17.7 Å². The number of hydrogen-bond acceptors (Lipinski definition) is 3. The van der Waals surface area contributed by atoms with Crippen molar-refractivity contribution in [2.75, 3.05) is 11.9 Å². The summed E-state index contributed by atoms with van der Waals surface area (Å²) in [6.45, 7) is 2.38. The summed E-state index contributed by atoms with van der Waals surface area (Å²) in [6, 6.07) is 9.30. The molecule has 0 amide bonds. The van der Waals surface area contributed by atoms with Crippen molar-refractivity contribution in [2.24, 2.45) is 7.05 Å². The van der Waals surface area contributed by atoms with Crippen molar-refractivity contribution in [3.8, 4) is 0 Å². The highest BCUT2D eigenvalue weighted by atomic mass is 16.3. The molecule has 1 heterocycles. The van der Waals surface area contributed by atoms with Crippen LogP contribution in [0.2, 0.25) is 0 Å². The molecule has 4 heteroatoms. The summed E-state index contributed by atoms with van der Waals surface area (Å²) in [5.41, 5.74) is 1.61. The van der Waals surface area contributed by atoms with E-state index in [0.717, 1.165) is 16.6 Å². The molecule has 0 spiro atoms. The van der Waals surface area contributed by atoms with Crippen molar-refractivity contribution in [3.63, 3.8) is 0 Å². The Bertz CT molecular complexity index is 604. The largest absolute Gasteiger partial charge is 0.391 e. The Balaban J connectivity index is 2.44. The van der Waals surface area contributed by atoms with Gasteiger partial charge in [-0.1, -0.05) is 25.1 Å². The minimum Gasteiger partial charge on any atom is -0.391 e. The van der Waals surface area contributed by atoms with E-state index in [9.17, 15) is 9.90 Å². The Hall–Kier alpha value is -1.81. The Kier molecular flexibility index (Phi) is 3.67. The van der Waals surface area contributed by atoms with Gasteiger partial charge < -0.3 is 15.0 Å². The Morgan fingerprint density at radius 1 is 1.39 bits per heavy atom. The second-order valence-electron chi connectivity index (χ2n) is 4.42. The molecule has 0 fully saturated rings. The van der Waals surface area contributed by atoms with E-state index in [1.165, 1.54) is 0 Å². The SMILES string of the molecule is CCC(O)CNc1cc(=O)n(C)c2ccccc12. The molecule has 2 aromatic rings.